The van der Waals surface area contributed by atoms with E-state index in [0.29, 0.717) is 11.4 Å². The van der Waals surface area contributed by atoms with Gasteiger partial charge in [0.25, 0.3) is 5.09 Å². The lowest BCUT2D eigenvalue weighted by Gasteiger charge is -2.03. The van der Waals surface area contributed by atoms with E-state index < -0.39 is 11.1 Å². The fourth-order valence-electron chi connectivity index (χ4n) is 2.28. The molecule has 162 valence electrons. The third kappa shape index (κ3) is 9.20. The number of carbonyl (C=O) groups is 1. The molecule has 9 heteroatoms. The maximum Gasteiger partial charge on any atom is 0.303 e. The van der Waals surface area contributed by atoms with Gasteiger partial charge in [-0.2, -0.15) is 0 Å². The van der Waals surface area contributed by atoms with E-state index in [4.69, 9.17) is 9.47 Å². The fourth-order valence-corrected chi connectivity index (χ4v) is 2.28. The Morgan fingerprint density at radius 3 is 2.23 bits per heavy atom. The summed E-state index contributed by atoms with van der Waals surface area (Å²) in [6.07, 6.45) is 0. The maximum absolute atomic E-state index is 10.6. The number of hydrogen-bond acceptors (Lipinski definition) is 7. The van der Waals surface area contributed by atoms with Crippen LogP contribution in [0.1, 0.15) is 25.7 Å². The van der Waals surface area contributed by atoms with Crippen LogP contribution in [0.3, 0.4) is 0 Å². The maximum atomic E-state index is 10.6. The van der Waals surface area contributed by atoms with Crippen molar-refractivity contribution in [1.29, 1.82) is 0 Å². The third-order valence-corrected chi connectivity index (χ3v) is 3.56. The zero-order valence-corrected chi connectivity index (χ0v) is 16.8. The first-order valence-electron chi connectivity index (χ1n) is 8.36. The molecule has 0 radical (unpaired) electrons. The van der Waals surface area contributed by atoms with Gasteiger partial charge < -0.3 is 14.3 Å². The average molecular weight is 437 g/mol. The highest BCUT2D eigenvalue weighted by Crippen LogP contribution is 2.19. The molecule has 0 unspecified atom stereocenters. The standard InChI is InChI=1S/C11H10O.C9H10N2O5.CH4.ClH/c1-12-11-7-6-9-4-2-3-5-10(9)8-11;1-7(12)15-5-8-3-2-4-9(10-8)6-16-11(13)14;;/h2-8H,1H3;2-4H,5-6H2,1H3;1H4;1H. The van der Waals surface area contributed by atoms with Crippen molar-refractivity contribution in [3.8, 4) is 5.75 Å². The van der Waals surface area contributed by atoms with Crippen LogP contribution in [-0.4, -0.2) is 23.1 Å². The van der Waals surface area contributed by atoms with Gasteiger partial charge in [-0.05, 0) is 35.0 Å². The molecular weight excluding hydrogens is 412 g/mol. The molecule has 0 fully saturated rings. The van der Waals surface area contributed by atoms with Crippen LogP contribution in [0.4, 0.5) is 0 Å². The molecule has 1 aromatic heterocycles. The van der Waals surface area contributed by atoms with E-state index in [1.54, 1.807) is 25.3 Å². The minimum Gasteiger partial charge on any atom is -0.497 e. The molecule has 0 saturated heterocycles. The summed E-state index contributed by atoms with van der Waals surface area (Å²) in [4.78, 5) is 28.7. The molecule has 0 bridgehead atoms. The summed E-state index contributed by atoms with van der Waals surface area (Å²) in [7, 11) is 1.68. The Kier molecular flexibility index (Phi) is 12.2. The Hall–Kier alpha value is -3.39. The first-order valence-corrected chi connectivity index (χ1v) is 8.36. The Morgan fingerprint density at radius 2 is 1.63 bits per heavy atom. The number of esters is 1. The van der Waals surface area contributed by atoms with Crippen LogP contribution in [-0.2, 0) is 27.6 Å². The van der Waals surface area contributed by atoms with Crippen LogP contribution >= 0.6 is 12.4 Å². The molecule has 2 aromatic carbocycles. The summed E-state index contributed by atoms with van der Waals surface area (Å²) in [5.74, 6) is 0.502. The van der Waals surface area contributed by atoms with Gasteiger partial charge >= 0.3 is 5.97 Å². The normalized spacial score (nSPS) is 9.13. The fraction of sp³-hybridized carbons (Fsp3) is 0.238. The van der Waals surface area contributed by atoms with Crippen molar-refractivity contribution in [2.24, 2.45) is 0 Å². The van der Waals surface area contributed by atoms with Crippen molar-refractivity contribution in [2.75, 3.05) is 7.11 Å². The highest BCUT2D eigenvalue weighted by molar-refractivity contribution is 5.85. The first kappa shape index (κ1) is 26.6. The van der Waals surface area contributed by atoms with E-state index in [-0.39, 0.29) is 33.0 Å². The zero-order valence-electron chi connectivity index (χ0n) is 15.9. The highest BCUT2D eigenvalue weighted by Gasteiger charge is 2.02. The van der Waals surface area contributed by atoms with Crippen molar-refractivity contribution in [2.45, 2.75) is 27.6 Å². The SMILES string of the molecule is C.CC(=O)OCc1cccc(CO[N+](=O)[O-])n1.COc1ccc2ccccc2c1.Cl. The molecule has 0 spiro atoms. The minimum atomic E-state index is -0.888. The predicted octanol–water partition coefficient (Wildman–Crippen LogP) is 4.76. The van der Waals surface area contributed by atoms with E-state index in [2.05, 4.69) is 28.0 Å². The number of pyridine rings is 1. The Labute approximate surface area is 181 Å². The Balaban J connectivity index is 0.000000541. The number of fused-ring (bicyclic) bond motifs is 1. The second-order valence-corrected chi connectivity index (χ2v) is 5.61. The predicted molar refractivity (Wildman–Crippen MR) is 116 cm³/mol. The number of benzene rings is 2. The monoisotopic (exact) mass is 436 g/mol. The summed E-state index contributed by atoms with van der Waals surface area (Å²) >= 11 is 0. The molecule has 3 aromatic rings. The molecule has 0 saturated carbocycles. The molecule has 0 aliphatic heterocycles. The van der Waals surface area contributed by atoms with Gasteiger partial charge in [-0.3, -0.25) is 9.78 Å². The van der Waals surface area contributed by atoms with Crippen molar-refractivity contribution >= 4 is 29.1 Å². The van der Waals surface area contributed by atoms with E-state index in [1.165, 1.54) is 17.7 Å². The van der Waals surface area contributed by atoms with Gasteiger partial charge in [-0.1, -0.05) is 43.8 Å². The smallest absolute Gasteiger partial charge is 0.303 e. The summed E-state index contributed by atoms with van der Waals surface area (Å²) in [6.45, 7) is 1.11. The van der Waals surface area contributed by atoms with Gasteiger partial charge in [-0.15, -0.1) is 22.5 Å². The van der Waals surface area contributed by atoms with E-state index >= 15 is 0 Å². The molecule has 0 amide bonds. The number of aromatic nitrogens is 1. The van der Waals surface area contributed by atoms with Crippen LogP contribution in [0.2, 0.25) is 0 Å². The molecule has 0 N–H and O–H groups in total. The lowest BCUT2D eigenvalue weighted by molar-refractivity contribution is -0.763. The summed E-state index contributed by atoms with van der Waals surface area (Å²) in [5.41, 5.74) is 0.918. The minimum absolute atomic E-state index is 0. The van der Waals surface area contributed by atoms with Gasteiger partial charge in [0.15, 0.2) is 0 Å². The molecule has 0 aliphatic carbocycles. The highest BCUT2D eigenvalue weighted by atomic mass is 35.5. The Morgan fingerprint density at radius 1 is 1.00 bits per heavy atom. The second kappa shape index (κ2) is 13.7. The summed E-state index contributed by atoms with van der Waals surface area (Å²) in [6, 6.07) is 19.2. The number of nitrogens with zero attached hydrogens (tertiary/aromatic N) is 2. The van der Waals surface area contributed by atoms with Gasteiger partial charge in [0.1, 0.15) is 19.0 Å². The second-order valence-electron chi connectivity index (χ2n) is 5.61. The number of hydrogen-bond donors (Lipinski definition) is 0. The molecule has 1 heterocycles. The van der Waals surface area contributed by atoms with Gasteiger partial charge in [0.05, 0.1) is 18.5 Å². The lowest BCUT2D eigenvalue weighted by Crippen LogP contribution is -2.05. The van der Waals surface area contributed by atoms with Crippen LogP contribution in [0.15, 0.2) is 60.7 Å². The molecule has 8 nitrogen and oxygen atoms in total. The van der Waals surface area contributed by atoms with Gasteiger partial charge in [0.2, 0.25) is 0 Å². The van der Waals surface area contributed by atoms with Crippen LogP contribution in [0.25, 0.3) is 10.8 Å². The molecular formula is C21H25ClN2O6. The van der Waals surface area contributed by atoms with E-state index in [1.807, 2.05) is 24.3 Å². The molecule has 30 heavy (non-hydrogen) atoms. The molecule has 3 rings (SSSR count). The van der Waals surface area contributed by atoms with Crippen LogP contribution < -0.4 is 4.74 Å². The van der Waals surface area contributed by atoms with Crippen molar-refractivity contribution in [3.63, 3.8) is 0 Å². The average Bonchev–Trinajstić information content (AvgIpc) is 2.71. The van der Waals surface area contributed by atoms with Crippen molar-refractivity contribution in [1.82, 2.24) is 4.98 Å². The number of ether oxygens (including phenoxy) is 2. The van der Waals surface area contributed by atoms with Gasteiger partial charge in [0, 0.05) is 6.92 Å². The first-order chi connectivity index (χ1) is 13.5. The molecule has 0 atom stereocenters. The summed E-state index contributed by atoms with van der Waals surface area (Å²) < 4.78 is 9.85. The summed E-state index contributed by atoms with van der Waals surface area (Å²) in [5, 5.41) is 11.5. The van der Waals surface area contributed by atoms with E-state index in [9.17, 15) is 14.9 Å². The zero-order chi connectivity index (χ0) is 20.4. The van der Waals surface area contributed by atoms with Gasteiger partial charge in [-0.25, -0.2) is 0 Å². The van der Waals surface area contributed by atoms with Crippen molar-refractivity contribution < 1.29 is 24.2 Å². The number of halogens is 1. The number of carbonyl (C=O) groups excluding carboxylic acids is 1. The number of methoxy groups -OCH3 is 1. The number of rotatable bonds is 6. The molecule has 0 aliphatic rings. The lowest BCUT2D eigenvalue weighted by atomic mass is 10.1. The largest absolute Gasteiger partial charge is 0.497 e. The van der Waals surface area contributed by atoms with E-state index in [0.717, 1.165) is 5.75 Å². The Bertz CT molecular complexity index is 918. The quantitative estimate of drug-likeness (QED) is 0.312. The van der Waals surface area contributed by atoms with Crippen LogP contribution in [0, 0.1) is 10.1 Å². The van der Waals surface area contributed by atoms with Crippen LogP contribution in [0.5, 0.6) is 5.75 Å². The third-order valence-electron chi connectivity index (χ3n) is 3.56. The van der Waals surface area contributed by atoms with Crippen molar-refractivity contribution in [3.05, 3.63) is 82.2 Å². The topological polar surface area (TPSA) is 101 Å².